The highest BCUT2D eigenvalue weighted by molar-refractivity contribution is 5.85. The first kappa shape index (κ1) is 15.9. The Morgan fingerprint density at radius 3 is 2.86 bits per heavy atom. The van der Waals surface area contributed by atoms with Crippen LogP contribution >= 0.6 is 12.4 Å². The third kappa shape index (κ3) is 3.80. The molecular weight excluding hydrogens is 292 g/mol. The highest BCUT2D eigenvalue weighted by Gasteiger charge is 2.25. The van der Waals surface area contributed by atoms with Crippen LogP contribution in [0, 0.1) is 5.92 Å². The van der Waals surface area contributed by atoms with Gasteiger partial charge in [-0.15, -0.1) is 12.4 Å². The van der Waals surface area contributed by atoms with E-state index < -0.39 is 0 Å². The first-order chi connectivity index (χ1) is 9.72. The van der Waals surface area contributed by atoms with E-state index >= 15 is 0 Å². The van der Waals surface area contributed by atoms with Gasteiger partial charge in [0.2, 0.25) is 12.7 Å². The summed E-state index contributed by atoms with van der Waals surface area (Å²) in [5.41, 5.74) is 7.00. The summed E-state index contributed by atoms with van der Waals surface area (Å²) in [5, 5.41) is 2.95. The van der Waals surface area contributed by atoms with E-state index in [1.807, 2.05) is 18.2 Å². The number of benzene rings is 1. The van der Waals surface area contributed by atoms with Crippen LogP contribution in [0.2, 0.25) is 0 Å². The van der Waals surface area contributed by atoms with Crippen LogP contribution in [0.15, 0.2) is 18.2 Å². The number of amides is 1. The Morgan fingerprint density at radius 1 is 1.29 bits per heavy atom. The molecular formula is C15H21ClN2O3. The molecule has 0 saturated heterocycles. The highest BCUT2D eigenvalue weighted by Crippen LogP contribution is 2.32. The Hall–Kier alpha value is -1.46. The van der Waals surface area contributed by atoms with Gasteiger partial charge in [0.15, 0.2) is 11.5 Å². The fourth-order valence-electron chi connectivity index (χ4n) is 2.88. The van der Waals surface area contributed by atoms with Crippen LogP contribution in [0.3, 0.4) is 0 Å². The summed E-state index contributed by atoms with van der Waals surface area (Å²) in [5.74, 6) is 1.92. The lowest BCUT2D eigenvalue weighted by molar-refractivity contribution is -0.122. The van der Waals surface area contributed by atoms with Crippen LogP contribution in [0.4, 0.5) is 0 Å². The van der Waals surface area contributed by atoms with Crippen molar-refractivity contribution in [2.45, 2.75) is 38.3 Å². The number of nitrogens with two attached hydrogens (primary N) is 1. The maximum absolute atomic E-state index is 11.9. The number of carbonyl (C=O) groups is 1. The summed E-state index contributed by atoms with van der Waals surface area (Å²) in [6.07, 6.45) is 3.78. The Kier molecular flexibility index (Phi) is 5.31. The summed E-state index contributed by atoms with van der Waals surface area (Å²) in [6.45, 7) is 0.780. The number of fused-ring (bicyclic) bond motifs is 1. The zero-order valence-corrected chi connectivity index (χ0v) is 12.7. The summed E-state index contributed by atoms with van der Waals surface area (Å²) in [6, 6.07) is 5.90. The first-order valence-corrected chi connectivity index (χ1v) is 7.13. The third-order valence-corrected chi connectivity index (χ3v) is 4.09. The van der Waals surface area contributed by atoms with Crippen molar-refractivity contribution in [2.75, 3.05) is 6.79 Å². The van der Waals surface area contributed by atoms with E-state index in [1.165, 1.54) is 0 Å². The van der Waals surface area contributed by atoms with Crippen molar-refractivity contribution >= 4 is 18.3 Å². The smallest absolute Gasteiger partial charge is 0.231 e. The van der Waals surface area contributed by atoms with Crippen LogP contribution in [0.1, 0.15) is 31.2 Å². The van der Waals surface area contributed by atoms with Crippen molar-refractivity contribution in [3.63, 3.8) is 0 Å². The van der Waals surface area contributed by atoms with Gasteiger partial charge in [-0.2, -0.15) is 0 Å². The molecule has 0 unspecified atom stereocenters. The normalized spacial score (nSPS) is 22.7. The van der Waals surface area contributed by atoms with Crippen LogP contribution in [-0.4, -0.2) is 18.7 Å². The van der Waals surface area contributed by atoms with Crippen molar-refractivity contribution in [3.05, 3.63) is 23.8 Å². The number of halogens is 1. The Balaban J connectivity index is 0.00000161. The lowest BCUT2D eigenvalue weighted by Crippen LogP contribution is -2.31. The molecule has 1 aliphatic carbocycles. The van der Waals surface area contributed by atoms with E-state index in [9.17, 15) is 4.79 Å². The van der Waals surface area contributed by atoms with Crippen molar-refractivity contribution in [3.8, 4) is 11.5 Å². The Labute approximate surface area is 130 Å². The van der Waals surface area contributed by atoms with E-state index in [0.717, 1.165) is 36.3 Å². The first-order valence-electron chi connectivity index (χ1n) is 7.13. The molecule has 1 aromatic rings. The molecule has 0 spiro atoms. The van der Waals surface area contributed by atoms with Gasteiger partial charge in [-0.1, -0.05) is 12.5 Å². The number of nitrogens with one attached hydrogen (secondary N) is 1. The zero-order chi connectivity index (χ0) is 13.9. The second-order valence-corrected chi connectivity index (χ2v) is 5.52. The molecule has 0 radical (unpaired) electrons. The van der Waals surface area contributed by atoms with Crippen molar-refractivity contribution in [1.82, 2.24) is 5.32 Å². The van der Waals surface area contributed by atoms with Gasteiger partial charge >= 0.3 is 0 Å². The molecule has 0 bridgehead atoms. The van der Waals surface area contributed by atoms with E-state index in [1.54, 1.807) is 0 Å². The number of hydrogen-bond donors (Lipinski definition) is 2. The Morgan fingerprint density at radius 2 is 2.10 bits per heavy atom. The SMILES string of the molecule is Cl.N[C@@H]1CCC[C@H]1CC(=O)NCc1ccc2c(c1)OCO2. The lowest BCUT2D eigenvalue weighted by Gasteiger charge is -2.14. The molecule has 3 rings (SSSR count). The van der Waals surface area contributed by atoms with E-state index in [2.05, 4.69) is 5.32 Å². The molecule has 1 amide bonds. The molecule has 21 heavy (non-hydrogen) atoms. The monoisotopic (exact) mass is 312 g/mol. The van der Waals surface area contributed by atoms with Gasteiger partial charge < -0.3 is 20.5 Å². The minimum atomic E-state index is 0. The quantitative estimate of drug-likeness (QED) is 0.891. The fraction of sp³-hybridized carbons (Fsp3) is 0.533. The minimum Gasteiger partial charge on any atom is -0.454 e. The van der Waals surface area contributed by atoms with Crippen molar-refractivity contribution in [1.29, 1.82) is 0 Å². The number of carbonyl (C=O) groups excluding carboxylic acids is 1. The zero-order valence-electron chi connectivity index (χ0n) is 11.8. The van der Waals surface area contributed by atoms with Crippen molar-refractivity contribution < 1.29 is 14.3 Å². The standard InChI is InChI=1S/C15H20N2O3.ClH/c16-12-3-1-2-11(12)7-15(18)17-8-10-4-5-13-14(6-10)20-9-19-13;/h4-6,11-12H,1-3,7-9,16H2,(H,17,18);1H/t11-,12+;/m0./s1. The molecule has 2 atom stereocenters. The molecule has 0 aromatic heterocycles. The lowest BCUT2D eigenvalue weighted by atomic mass is 10.00. The summed E-state index contributed by atoms with van der Waals surface area (Å²) in [4.78, 5) is 11.9. The van der Waals surface area contributed by atoms with E-state index in [0.29, 0.717) is 18.9 Å². The summed E-state index contributed by atoms with van der Waals surface area (Å²) in [7, 11) is 0. The van der Waals surface area contributed by atoms with Crippen LogP contribution in [0.25, 0.3) is 0 Å². The topological polar surface area (TPSA) is 73.6 Å². The molecule has 3 N–H and O–H groups in total. The van der Waals surface area contributed by atoms with Crippen LogP contribution in [-0.2, 0) is 11.3 Å². The maximum Gasteiger partial charge on any atom is 0.231 e. The van der Waals surface area contributed by atoms with Gasteiger partial charge in [-0.3, -0.25) is 4.79 Å². The second kappa shape index (κ2) is 7.00. The van der Waals surface area contributed by atoms with Gasteiger partial charge in [0, 0.05) is 19.0 Å². The molecule has 1 heterocycles. The molecule has 5 nitrogen and oxygen atoms in total. The average molecular weight is 313 g/mol. The highest BCUT2D eigenvalue weighted by atomic mass is 35.5. The molecule has 1 saturated carbocycles. The Bertz CT molecular complexity index is 510. The molecule has 116 valence electrons. The van der Waals surface area contributed by atoms with Gasteiger partial charge in [0.1, 0.15) is 0 Å². The predicted molar refractivity (Wildman–Crippen MR) is 81.6 cm³/mol. The van der Waals surface area contributed by atoms with Gasteiger partial charge in [-0.25, -0.2) is 0 Å². The number of rotatable bonds is 4. The minimum absolute atomic E-state index is 0. The van der Waals surface area contributed by atoms with Crippen LogP contribution < -0.4 is 20.5 Å². The fourth-order valence-corrected chi connectivity index (χ4v) is 2.88. The predicted octanol–water partition coefficient (Wildman–Crippen LogP) is 1.97. The molecule has 1 fully saturated rings. The van der Waals surface area contributed by atoms with Gasteiger partial charge in [0.25, 0.3) is 0 Å². The third-order valence-electron chi connectivity index (χ3n) is 4.09. The molecule has 2 aliphatic rings. The maximum atomic E-state index is 11.9. The average Bonchev–Trinajstić information content (AvgIpc) is 3.05. The summed E-state index contributed by atoms with van der Waals surface area (Å²) < 4.78 is 10.6. The number of hydrogen-bond acceptors (Lipinski definition) is 4. The second-order valence-electron chi connectivity index (χ2n) is 5.52. The molecule has 1 aromatic carbocycles. The molecule has 6 heteroatoms. The van der Waals surface area contributed by atoms with E-state index in [4.69, 9.17) is 15.2 Å². The van der Waals surface area contributed by atoms with Crippen LogP contribution in [0.5, 0.6) is 11.5 Å². The largest absolute Gasteiger partial charge is 0.454 e. The van der Waals surface area contributed by atoms with E-state index in [-0.39, 0.29) is 31.1 Å². The summed E-state index contributed by atoms with van der Waals surface area (Å²) >= 11 is 0. The molecule has 1 aliphatic heterocycles. The van der Waals surface area contributed by atoms with Gasteiger partial charge in [0.05, 0.1) is 0 Å². The van der Waals surface area contributed by atoms with Gasteiger partial charge in [-0.05, 0) is 36.5 Å². The van der Waals surface area contributed by atoms with Crippen molar-refractivity contribution in [2.24, 2.45) is 11.7 Å². The number of ether oxygens (including phenoxy) is 2.